The van der Waals surface area contributed by atoms with E-state index >= 15 is 0 Å². The van der Waals surface area contributed by atoms with Crippen LogP contribution >= 0.6 is 0 Å². The quantitative estimate of drug-likeness (QED) is 0.196. The fourth-order valence-corrected chi connectivity index (χ4v) is 6.85. The fourth-order valence-electron chi connectivity index (χ4n) is 6.85. The van der Waals surface area contributed by atoms with E-state index in [0.29, 0.717) is 0 Å². The summed E-state index contributed by atoms with van der Waals surface area (Å²) < 4.78 is 15.3. The number of aromatic nitrogens is 3. The Morgan fingerprint density at radius 3 is 2.04 bits per heavy atom. The molecule has 2 aromatic heterocycles. The number of nitrogens with zero attached hydrogens (tertiary/aromatic N) is 3. The van der Waals surface area contributed by atoms with E-state index in [-0.39, 0.29) is 12.1 Å². The van der Waals surface area contributed by atoms with Gasteiger partial charge in [-0.3, -0.25) is 9.55 Å². The first-order valence-corrected chi connectivity index (χ1v) is 15.7. The number of imidazole rings is 1. The van der Waals surface area contributed by atoms with Crippen LogP contribution < -0.4 is 25.9 Å². The summed E-state index contributed by atoms with van der Waals surface area (Å²) in [6, 6.07) is 42.0. The average molecular weight is 596 g/mol. The van der Waals surface area contributed by atoms with Gasteiger partial charge in [-0.1, -0.05) is 69.3 Å². The molecule has 0 spiro atoms. The number of benzene rings is 5. The molecule has 5 aromatic carbocycles. The lowest BCUT2D eigenvalue weighted by Crippen LogP contribution is -2.57. The molecule has 2 aliphatic rings. The van der Waals surface area contributed by atoms with Gasteiger partial charge in [-0.15, -0.1) is 0 Å². The summed E-state index contributed by atoms with van der Waals surface area (Å²) in [6.45, 7) is 6.61. The highest BCUT2D eigenvalue weighted by atomic mass is 16.5. The molecule has 0 fully saturated rings. The lowest BCUT2D eigenvalue weighted by molar-refractivity contribution is 0.464. The summed E-state index contributed by atoms with van der Waals surface area (Å²) in [4.78, 5) is 9.93. The minimum absolute atomic E-state index is 0.0230. The van der Waals surface area contributed by atoms with Crippen LogP contribution in [0.1, 0.15) is 26.3 Å². The molecule has 9 rings (SSSR count). The fraction of sp³-hybridized carbons (Fsp3) is 0.100. The number of rotatable bonds is 3. The van der Waals surface area contributed by atoms with Gasteiger partial charge in [0.05, 0.1) is 16.7 Å². The van der Waals surface area contributed by atoms with Gasteiger partial charge < -0.3 is 9.47 Å². The molecular formula is C40H30BN3O2. The molecule has 0 amide bonds. The molecule has 4 heterocycles. The summed E-state index contributed by atoms with van der Waals surface area (Å²) in [6.07, 6.45) is 1.91. The highest BCUT2D eigenvalue weighted by Crippen LogP contribution is 2.37. The second-order valence-electron chi connectivity index (χ2n) is 13.1. The van der Waals surface area contributed by atoms with Crippen molar-refractivity contribution >= 4 is 34.1 Å². The molecule has 0 radical (unpaired) electrons. The standard InChI is InChI=1S/C40H30BN3O2/c1-40(2,3)27-20-21-42-32(24-27)25-16-18-34-29(22-25)41-30-23-26(17-19-35(30)46-37-15-9-14-36(45-34)38(37)41)39-43-31-12-7-8-13-33(31)44(39)28-10-5-4-6-11-28/h4-24H,1-3H3. The van der Waals surface area contributed by atoms with E-state index in [1.807, 2.05) is 36.5 Å². The zero-order valence-electron chi connectivity index (χ0n) is 25.9. The molecule has 7 aromatic rings. The van der Waals surface area contributed by atoms with Gasteiger partial charge in [-0.25, -0.2) is 4.98 Å². The molecule has 220 valence electrons. The van der Waals surface area contributed by atoms with Crippen LogP contribution in [-0.4, -0.2) is 21.2 Å². The predicted molar refractivity (Wildman–Crippen MR) is 186 cm³/mol. The van der Waals surface area contributed by atoms with E-state index in [0.717, 1.165) is 78.8 Å². The Kier molecular flexibility index (Phi) is 5.79. The van der Waals surface area contributed by atoms with Gasteiger partial charge in [0.1, 0.15) is 28.8 Å². The summed E-state index contributed by atoms with van der Waals surface area (Å²) in [7, 11) is 0. The minimum Gasteiger partial charge on any atom is -0.458 e. The number of hydrogen-bond acceptors (Lipinski definition) is 4. The second-order valence-corrected chi connectivity index (χ2v) is 13.1. The van der Waals surface area contributed by atoms with E-state index in [1.165, 1.54) is 5.56 Å². The first-order valence-electron chi connectivity index (χ1n) is 15.7. The van der Waals surface area contributed by atoms with Gasteiger partial charge in [-0.2, -0.15) is 0 Å². The van der Waals surface area contributed by atoms with Crippen LogP contribution in [0, 0.1) is 0 Å². The number of ether oxygens (including phenoxy) is 2. The molecule has 6 heteroatoms. The van der Waals surface area contributed by atoms with Crippen molar-refractivity contribution in [2.75, 3.05) is 0 Å². The molecule has 2 aliphatic heterocycles. The number of pyridine rings is 1. The third-order valence-corrected chi connectivity index (χ3v) is 9.15. The van der Waals surface area contributed by atoms with Crippen molar-refractivity contribution in [2.24, 2.45) is 0 Å². The largest absolute Gasteiger partial charge is 0.458 e. The van der Waals surface area contributed by atoms with Crippen LogP contribution in [0.2, 0.25) is 0 Å². The van der Waals surface area contributed by atoms with Crippen LogP contribution in [0.3, 0.4) is 0 Å². The van der Waals surface area contributed by atoms with Crippen molar-refractivity contribution < 1.29 is 9.47 Å². The lowest BCUT2D eigenvalue weighted by atomic mass is 9.34. The molecule has 0 N–H and O–H groups in total. The van der Waals surface area contributed by atoms with Crippen molar-refractivity contribution in [3.63, 3.8) is 0 Å². The predicted octanol–water partition coefficient (Wildman–Crippen LogP) is 7.78. The molecule has 0 unspecified atom stereocenters. The highest BCUT2D eigenvalue weighted by molar-refractivity contribution is 6.98. The molecule has 0 bridgehead atoms. The van der Waals surface area contributed by atoms with Crippen LogP contribution in [0.5, 0.6) is 23.0 Å². The topological polar surface area (TPSA) is 49.2 Å². The van der Waals surface area contributed by atoms with Crippen LogP contribution in [-0.2, 0) is 5.41 Å². The molecular weight excluding hydrogens is 565 g/mol. The molecule has 0 saturated carbocycles. The number of para-hydroxylation sites is 3. The van der Waals surface area contributed by atoms with Gasteiger partial charge >= 0.3 is 0 Å². The van der Waals surface area contributed by atoms with Gasteiger partial charge in [0.2, 0.25) is 0 Å². The Morgan fingerprint density at radius 1 is 0.630 bits per heavy atom. The Bertz CT molecular complexity index is 2310. The smallest absolute Gasteiger partial charge is 0.260 e. The summed E-state index contributed by atoms with van der Waals surface area (Å²) >= 11 is 0. The normalized spacial score (nSPS) is 13.0. The first-order chi connectivity index (χ1) is 22.4. The molecule has 0 atom stereocenters. The second kappa shape index (κ2) is 9.95. The van der Waals surface area contributed by atoms with E-state index in [9.17, 15) is 0 Å². The van der Waals surface area contributed by atoms with Crippen molar-refractivity contribution in [2.45, 2.75) is 26.2 Å². The van der Waals surface area contributed by atoms with Gasteiger partial charge in [-0.05, 0) is 100 Å². The Labute approximate surface area is 268 Å². The lowest BCUT2D eigenvalue weighted by Gasteiger charge is -2.33. The maximum Gasteiger partial charge on any atom is 0.260 e. The summed E-state index contributed by atoms with van der Waals surface area (Å²) in [5.74, 6) is 4.22. The van der Waals surface area contributed by atoms with Crippen LogP contribution in [0.25, 0.3) is 39.4 Å². The molecule has 46 heavy (non-hydrogen) atoms. The summed E-state index contributed by atoms with van der Waals surface area (Å²) in [5, 5.41) is 0. The summed E-state index contributed by atoms with van der Waals surface area (Å²) in [5.41, 5.74) is 10.6. The van der Waals surface area contributed by atoms with E-state index in [1.54, 1.807) is 0 Å². The van der Waals surface area contributed by atoms with E-state index in [2.05, 4.69) is 116 Å². The van der Waals surface area contributed by atoms with Gasteiger partial charge in [0.25, 0.3) is 6.71 Å². The molecule has 5 nitrogen and oxygen atoms in total. The van der Waals surface area contributed by atoms with E-state index in [4.69, 9.17) is 19.4 Å². The maximum atomic E-state index is 6.55. The van der Waals surface area contributed by atoms with Crippen molar-refractivity contribution in [3.05, 3.63) is 133 Å². The molecule has 0 aliphatic carbocycles. The van der Waals surface area contributed by atoms with E-state index < -0.39 is 0 Å². The minimum atomic E-state index is -0.0843. The Morgan fingerprint density at radius 2 is 1.30 bits per heavy atom. The number of hydrogen-bond donors (Lipinski definition) is 0. The zero-order chi connectivity index (χ0) is 31.0. The van der Waals surface area contributed by atoms with Crippen molar-refractivity contribution in [1.29, 1.82) is 0 Å². The Balaban J connectivity index is 1.24. The average Bonchev–Trinajstić information content (AvgIpc) is 3.48. The van der Waals surface area contributed by atoms with Gasteiger partial charge in [0.15, 0.2) is 0 Å². The first kappa shape index (κ1) is 26.8. The third-order valence-electron chi connectivity index (χ3n) is 9.15. The van der Waals surface area contributed by atoms with Crippen molar-refractivity contribution in [3.8, 4) is 51.3 Å². The van der Waals surface area contributed by atoms with Crippen LogP contribution in [0.15, 0.2) is 128 Å². The number of fused-ring (bicyclic) bond motifs is 5. The SMILES string of the molecule is CC(C)(C)c1ccnc(-c2ccc3c(c2)B2c4cc(-c5nc6ccccc6n5-c5ccccc5)ccc4Oc4cccc(c42)O3)c1. The molecule has 0 saturated heterocycles. The van der Waals surface area contributed by atoms with Crippen LogP contribution in [0.4, 0.5) is 0 Å². The highest BCUT2D eigenvalue weighted by Gasteiger charge is 2.40. The van der Waals surface area contributed by atoms with Gasteiger partial charge in [0, 0.05) is 22.9 Å². The maximum absolute atomic E-state index is 6.55. The van der Waals surface area contributed by atoms with Crippen molar-refractivity contribution in [1.82, 2.24) is 14.5 Å². The third kappa shape index (κ3) is 4.17. The Hall–Kier alpha value is -5.62. The zero-order valence-corrected chi connectivity index (χ0v) is 25.9. The monoisotopic (exact) mass is 595 g/mol.